The molecule has 0 aliphatic rings. The lowest BCUT2D eigenvalue weighted by atomic mass is 9.97. The van der Waals surface area contributed by atoms with Gasteiger partial charge in [-0.1, -0.05) is 41.4 Å². The van der Waals surface area contributed by atoms with Crippen LogP contribution in [-0.4, -0.2) is 5.33 Å². The zero-order chi connectivity index (χ0) is 9.68. The van der Waals surface area contributed by atoms with Gasteiger partial charge in [0.1, 0.15) is 5.82 Å². The normalized spacial score (nSPS) is 12.8. The Morgan fingerprint density at radius 1 is 1.46 bits per heavy atom. The average molecular weight is 245 g/mol. The second kappa shape index (κ2) is 5.38. The Labute approximate surface area is 87.3 Å². The molecule has 0 aliphatic carbocycles. The second-order valence-electron chi connectivity index (χ2n) is 3.19. The van der Waals surface area contributed by atoms with Crippen LogP contribution in [0.3, 0.4) is 0 Å². The van der Waals surface area contributed by atoms with Gasteiger partial charge in [-0.25, -0.2) is 4.39 Å². The van der Waals surface area contributed by atoms with E-state index in [-0.39, 0.29) is 5.82 Å². The van der Waals surface area contributed by atoms with Gasteiger partial charge < -0.3 is 0 Å². The number of alkyl halides is 1. The minimum Gasteiger partial charge on any atom is -0.207 e. The Kier molecular flexibility index (Phi) is 4.43. The highest BCUT2D eigenvalue weighted by Gasteiger charge is 2.08. The summed E-state index contributed by atoms with van der Waals surface area (Å²) in [6.07, 6.45) is 2.24. The molecule has 0 bridgehead atoms. The van der Waals surface area contributed by atoms with Crippen LogP contribution in [0.1, 0.15) is 31.2 Å². The molecule has 0 fully saturated rings. The number of hydrogen-bond acceptors (Lipinski definition) is 0. The van der Waals surface area contributed by atoms with Crippen molar-refractivity contribution >= 4 is 15.9 Å². The molecular formula is C11H14BrF. The average Bonchev–Trinajstić information content (AvgIpc) is 2.14. The van der Waals surface area contributed by atoms with E-state index in [1.165, 1.54) is 6.07 Å². The molecule has 0 aliphatic heterocycles. The summed E-state index contributed by atoms with van der Waals surface area (Å²) in [6, 6.07) is 6.88. The molecule has 0 saturated heterocycles. The molecule has 1 atom stereocenters. The summed E-state index contributed by atoms with van der Waals surface area (Å²) in [6.45, 7) is 2.15. The lowest BCUT2D eigenvalue weighted by Crippen LogP contribution is -1.99. The maximum atomic E-state index is 12.9. The molecule has 0 heterocycles. The zero-order valence-corrected chi connectivity index (χ0v) is 9.35. The maximum Gasteiger partial charge on any atom is 0.123 e. The first kappa shape index (κ1) is 10.7. The summed E-state index contributed by atoms with van der Waals surface area (Å²) in [5, 5.41) is 0.907. The van der Waals surface area contributed by atoms with Crippen molar-refractivity contribution in [1.82, 2.24) is 0 Å². The lowest BCUT2D eigenvalue weighted by Gasteiger charge is -2.12. The summed E-state index contributed by atoms with van der Waals surface area (Å²) in [4.78, 5) is 0. The van der Waals surface area contributed by atoms with Gasteiger partial charge in [0.2, 0.25) is 0 Å². The van der Waals surface area contributed by atoms with Gasteiger partial charge in [0.05, 0.1) is 0 Å². The third-order valence-electron chi connectivity index (χ3n) is 2.14. The van der Waals surface area contributed by atoms with Crippen LogP contribution in [-0.2, 0) is 0 Å². The van der Waals surface area contributed by atoms with E-state index in [0.717, 1.165) is 23.7 Å². The molecule has 13 heavy (non-hydrogen) atoms. The molecule has 0 radical (unpaired) electrons. The summed E-state index contributed by atoms with van der Waals surface area (Å²) in [7, 11) is 0. The predicted octanol–water partition coefficient (Wildman–Crippen LogP) is 4.10. The lowest BCUT2D eigenvalue weighted by molar-refractivity contribution is 0.615. The molecular weight excluding hydrogens is 231 g/mol. The SMILES string of the molecule is CCCC(CBr)c1cccc(F)c1. The van der Waals surface area contributed by atoms with Gasteiger partial charge in [-0.15, -0.1) is 0 Å². The van der Waals surface area contributed by atoms with Crippen LogP contribution in [0.25, 0.3) is 0 Å². The van der Waals surface area contributed by atoms with Crippen LogP contribution in [0.4, 0.5) is 4.39 Å². The van der Waals surface area contributed by atoms with Gasteiger partial charge in [0, 0.05) is 5.33 Å². The first-order chi connectivity index (χ1) is 6.27. The van der Waals surface area contributed by atoms with Crippen LogP contribution in [0, 0.1) is 5.82 Å². The molecule has 0 aromatic heterocycles. The van der Waals surface area contributed by atoms with Crippen molar-refractivity contribution < 1.29 is 4.39 Å². The van der Waals surface area contributed by atoms with Crippen molar-refractivity contribution in [3.8, 4) is 0 Å². The van der Waals surface area contributed by atoms with Gasteiger partial charge >= 0.3 is 0 Å². The van der Waals surface area contributed by atoms with E-state index in [4.69, 9.17) is 0 Å². The Hall–Kier alpha value is -0.370. The smallest absolute Gasteiger partial charge is 0.123 e. The topological polar surface area (TPSA) is 0 Å². The van der Waals surface area contributed by atoms with Gasteiger partial charge in [-0.05, 0) is 30.0 Å². The standard InChI is InChI=1S/C11H14BrF/c1-2-4-10(8-12)9-5-3-6-11(13)7-9/h3,5-7,10H,2,4,8H2,1H3. The first-order valence-corrected chi connectivity index (χ1v) is 5.71. The molecule has 72 valence electrons. The Morgan fingerprint density at radius 2 is 2.23 bits per heavy atom. The maximum absolute atomic E-state index is 12.9. The first-order valence-electron chi connectivity index (χ1n) is 4.59. The fourth-order valence-electron chi connectivity index (χ4n) is 1.44. The van der Waals surface area contributed by atoms with E-state index >= 15 is 0 Å². The van der Waals surface area contributed by atoms with Crippen molar-refractivity contribution in [1.29, 1.82) is 0 Å². The summed E-state index contributed by atoms with van der Waals surface area (Å²) < 4.78 is 12.9. The Morgan fingerprint density at radius 3 is 2.77 bits per heavy atom. The van der Waals surface area contributed by atoms with Crippen molar-refractivity contribution in [2.45, 2.75) is 25.7 Å². The van der Waals surface area contributed by atoms with Gasteiger partial charge in [-0.2, -0.15) is 0 Å². The van der Waals surface area contributed by atoms with E-state index in [9.17, 15) is 4.39 Å². The van der Waals surface area contributed by atoms with Gasteiger partial charge in [0.25, 0.3) is 0 Å². The minimum atomic E-state index is -0.139. The van der Waals surface area contributed by atoms with Crippen molar-refractivity contribution in [3.63, 3.8) is 0 Å². The molecule has 1 rings (SSSR count). The molecule has 0 nitrogen and oxygen atoms in total. The molecule has 0 saturated carbocycles. The second-order valence-corrected chi connectivity index (χ2v) is 3.84. The number of benzene rings is 1. The van der Waals surface area contributed by atoms with Gasteiger partial charge in [-0.3, -0.25) is 0 Å². The number of halogens is 2. The van der Waals surface area contributed by atoms with Crippen LogP contribution in [0.5, 0.6) is 0 Å². The van der Waals surface area contributed by atoms with Crippen LogP contribution in [0.15, 0.2) is 24.3 Å². The Bertz CT molecular complexity index is 260. The highest BCUT2D eigenvalue weighted by atomic mass is 79.9. The van der Waals surface area contributed by atoms with Crippen molar-refractivity contribution in [2.75, 3.05) is 5.33 Å². The zero-order valence-electron chi connectivity index (χ0n) is 7.76. The monoisotopic (exact) mass is 244 g/mol. The Balaban J connectivity index is 2.78. The van der Waals surface area contributed by atoms with E-state index in [1.807, 2.05) is 6.07 Å². The fraction of sp³-hybridized carbons (Fsp3) is 0.455. The number of rotatable bonds is 4. The van der Waals surface area contributed by atoms with Gasteiger partial charge in [0.15, 0.2) is 0 Å². The third-order valence-corrected chi connectivity index (χ3v) is 2.93. The van der Waals surface area contributed by atoms with Crippen LogP contribution in [0.2, 0.25) is 0 Å². The molecule has 0 amide bonds. The highest BCUT2D eigenvalue weighted by Crippen LogP contribution is 2.23. The van der Waals surface area contributed by atoms with E-state index in [1.54, 1.807) is 12.1 Å². The molecule has 1 aromatic rings. The molecule has 1 aromatic carbocycles. The molecule has 0 N–H and O–H groups in total. The third kappa shape index (κ3) is 3.11. The number of hydrogen-bond donors (Lipinski definition) is 0. The fourth-order valence-corrected chi connectivity index (χ4v) is 2.14. The minimum absolute atomic E-state index is 0.139. The van der Waals surface area contributed by atoms with E-state index in [2.05, 4.69) is 22.9 Å². The van der Waals surface area contributed by atoms with E-state index in [0.29, 0.717) is 5.92 Å². The van der Waals surface area contributed by atoms with E-state index < -0.39 is 0 Å². The highest BCUT2D eigenvalue weighted by molar-refractivity contribution is 9.09. The summed E-state index contributed by atoms with van der Waals surface area (Å²) in [5.41, 5.74) is 1.10. The van der Waals surface area contributed by atoms with Crippen LogP contribution < -0.4 is 0 Å². The summed E-state index contributed by atoms with van der Waals surface area (Å²) >= 11 is 3.46. The quantitative estimate of drug-likeness (QED) is 0.700. The summed E-state index contributed by atoms with van der Waals surface area (Å²) in [5.74, 6) is 0.306. The molecule has 1 unspecified atom stereocenters. The van der Waals surface area contributed by atoms with Crippen molar-refractivity contribution in [2.24, 2.45) is 0 Å². The predicted molar refractivity (Wildman–Crippen MR) is 57.8 cm³/mol. The van der Waals surface area contributed by atoms with Crippen LogP contribution >= 0.6 is 15.9 Å². The molecule has 0 spiro atoms. The van der Waals surface area contributed by atoms with Crippen molar-refractivity contribution in [3.05, 3.63) is 35.6 Å². The molecule has 2 heteroatoms. The largest absolute Gasteiger partial charge is 0.207 e.